The molecule has 0 spiro atoms. The van der Waals surface area contributed by atoms with Crippen LogP contribution in [0.1, 0.15) is 55.1 Å². The Morgan fingerprint density at radius 2 is 1.66 bits per heavy atom. The van der Waals surface area contributed by atoms with Crippen LogP contribution in [0, 0.1) is 5.92 Å². The minimum Gasteiger partial charge on any atom is -0.491 e. The summed E-state index contributed by atoms with van der Waals surface area (Å²) in [6.07, 6.45) is -1.14. The summed E-state index contributed by atoms with van der Waals surface area (Å²) in [5.41, 5.74) is 7.38. The first kappa shape index (κ1) is 37.8. The highest BCUT2D eigenvalue weighted by atomic mass is 16.5. The van der Waals surface area contributed by atoms with E-state index in [0.29, 0.717) is 13.2 Å². The van der Waals surface area contributed by atoms with Crippen LogP contribution >= 0.6 is 0 Å². The third-order valence-corrected chi connectivity index (χ3v) is 8.29. The van der Waals surface area contributed by atoms with E-state index in [0.717, 1.165) is 30.8 Å². The second-order valence-corrected chi connectivity index (χ2v) is 12.9. The first-order valence-corrected chi connectivity index (χ1v) is 16.8. The number of hydrogen-bond acceptors (Lipinski definition) is 9. The van der Waals surface area contributed by atoms with E-state index in [9.17, 15) is 28.8 Å². The monoisotopic (exact) mass is 693 g/mol. The van der Waals surface area contributed by atoms with Gasteiger partial charge in [-0.15, -0.1) is 0 Å². The molecule has 15 nitrogen and oxygen atoms in total. The minimum atomic E-state index is -1.44. The van der Waals surface area contributed by atoms with Crippen LogP contribution < -0.4 is 37.1 Å². The molecule has 1 saturated heterocycles. The highest BCUT2D eigenvalue weighted by Crippen LogP contribution is 2.19. The summed E-state index contributed by atoms with van der Waals surface area (Å²) in [5, 5.41) is 13.3. The molecule has 2 heterocycles. The molecule has 2 aliphatic rings. The van der Waals surface area contributed by atoms with Gasteiger partial charge in [0.15, 0.2) is 0 Å². The van der Waals surface area contributed by atoms with Crippen LogP contribution in [0.25, 0.3) is 0 Å². The van der Waals surface area contributed by atoms with Crippen molar-refractivity contribution in [2.75, 3.05) is 32.9 Å². The zero-order chi connectivity index (χ0) is 36.2. The fraction of sp³-hybridized carbons (Fsp3) is 0.486. The van der Waals surface area contributed by atoms with Crippen molar-refractivity contribution in [3.8, 4) is 5.75 Å². The normalized spacial score (nSPS) is 22.9. The Morgan fingerprint density at radius 1 is 0.940 bits per heavy atom. The molecule has 0 aliphatic carbocycles. The predicted molar refractivity (Wildman–Crippen MR) is 182 cm³/mol. The fourth-order valence-corrected chi connectivity index (χ4v) is 5.62. The molecule has 0 unspecified atom stereocenters. The van der Waals surface area contributed by atoms with E-state index < -0.39 is 72.5 Å². The lowest BCUT2D eigenvalue weighted by Gasteiger charge is -2.26. The number of benzene rings is 2. The van der Waals surface area contributed by atoms with Gasteiger partial charge in [0.2, 0.25) is 29.5 Å². The Bertz CT molecular complexity index is 1540. The first-order valence-electron chi connectivity index (χ1n) is 16.8. The van der Waals surface area contributed by atoms with Crippen LogP contribution in [0.3, 0.4) is 0 Å². The van der Waals surface area contributed by atoms with Gasteiger partial charge in [-0.05, 0) is 36.1 Å². The molecule has 7 N–H and O–H groups in total. The van der Waals surface area contributed by atoms with Crippen LogP contribution in [-0.4, -0.2) is 97.4 Å². The van der Waals surface area contributed by atoms with Gasteiger partial charge in [-0.25, -0.2) is 0 Å². The molecule has 6 amide bonds. The Morgan fingerprint density at radius 3 is 2.38 bits per heavy atom. The van der Waals surface area contributed by atoms with Crippen molar-refractivity contribution in [1.82, 2.24) is 31.5 Å². The Hall–Kier alpha value is -5.02. The van der Waals surface area contributed by atoms with E-state index in [1.54, 1.807) is 39.0 Å². The highest BCUT2D eigenvalue weighted by Gasteiger charge is 2.32. The van der Waals surface area contributed by atoms with Gasteiger partial charge in [-0.1, -0.05) is 50.2 Å². The van der Waals surface area contributed by atoms with E-state index in [1.165, 1.54) is 6.07 Å². The van der Waals surface area contributed by atoms with Crippen molar-refractivity contribution < 1.29 is 38.2 Å². The molecule has 2 aromatic carbocycles. The average Bonchev–Trinajstić information content (AvgIpc) is 3.08. The van der Waals surface area contributed by atoms with Gasteiger partial charge >= 0.3 is 0 Å². The number of rotatable bonds is 8. The molecule has 1 fully saturated rings. The van der Waals surface area contributed by atoms with E-state index in [4.69, 9.17) is 15.2 Å². The summed E-state index contributed by atoms with van der Waals surface area (Å²) >= 11 is 0. The SMILES string of the molecule is CC(C)[C@H]1NC(=O)[C@H](CC(N)=O)NC(=O)C[C@@H](C(=O)NCc2cccc(CN3CCOCC3)c2)NC(=O)c2ccccc2OC[C@H](C)NC1=O. The number of carbonyl (C=O) groups is 6. The van der Waals surface area contributed by atoms with Crippen molar-refractivity contribution in [1.29, 1.82) is 0 Å². The van der Waals surface area contributed by atoms with E-state index >= 15 is 0 Å². The molecule has 270 valence electrons. The summed E-state index contributed by atoms with van der Waals surface area (Å²) in [6.45, 7) is 8.99. The lowest BCUT2D eigenvalue weighted by molar-refractivity contribution is -0.135. The molecule has 0 aromatic heterocycles. The lowest BCUT2D eigenvalue weighted by Crippen LogP contribution is -2.57. The van der Waals surface area contributed by atoms with Gasteiger partial charge in [0, 0.05) is 26.2 Å². The van der Waals surface area contributed by atoms with Crippen molar-refractivity contribution >= 4 is 35.4 Å². The van der Waals surface area contributed by atoms with E-state index in [-0.39, 0.29) is 30.4 Å². The zero-order valence-corrected chi connectivity index (χ0v) is 28.7. The zero-order valence-electron chi connectivity index (χ0n) is 28.7. The molecule has 4 rings (SSSR count). The fourth-order valence-electron chi connectivity index (χ4n) is 5.62. The van der Waals surface area contributed by atoms with Crippen LogP contribution in [0.2, 0.25) is 0 Å². The Kier molecular flexibility index (Phi) is 13.7. The highest BCUT2D eigenvalue weighted by molar-refractivity contribution is 6.01. The number of ether oxygens (including phenoxy) is 2. The Balaban J connectivity index is 1.58. The number of morpholine rings is 1. The maximum absolute atomic E-state index is 13.6. The van der Waals surface area contributed by atoms with Gasteiger partial charge in [0.25, 0.3) is 5.91 Å². The summed E-state index contributed by atoms with van der Waals surface area (Å²) in [4.78, 5) is 81.2. The summed E-state index contributed by atoms with van der Waals surface area (Å²) < 4.78 is 11.3. The average molecular weight is 694 g/mol. The van der Waals surface area contributed by atoms with E-state index in [1.807, 2.05) is 24.3 Å². The van der Waals surface area contributed by atoms with Gasteiger partial charge in [-0.2, -0.15) is 0 Å². The first-order chi connectivity index (χ1) is 23.9. The molecule has 2 aliphatic heterocycles. The number of para-hydroxylation sites is 1. The summed E-state index contributed by atoms with van der Waals surface area (Å²) in [7, 11) is 0. The third-order valence-electron chi connectivity index (χ3n) is 8.29. The van der Waals surface area contributed by atoms with Gasteiger partial charge in [0.1, 0.15) is 30.5 Å². The molecule has 4 atom stereocenters. The van der Waals surface area contributed by atoms with Gasteiger partial charge in [-0.3, -0.25) is 33.7 Å². The largest absolute Gasteiger partial charge is 0.491 e. The van der Waals surface area contributed by atoms with Crippen LogP contribution in [0.15, 0.2) is 48.5 Å². The molecule has 0 saturated carbocycles. The topological polar surface area (TPSA) is 210 Å². The van der Waals surface area contributed by atoms with Crippen molar-refractivity contribution in [3.63, 3.8) is 0 Å². The second kappa shape index (κ2) is 18.1. The van der Waals surface area contributed by atoms with E-state index in [2.05, 4.69) is 31.5 Å². The van der Waals surface area contributed by atoms with Gasteiger partial charge in [0.05, 0.1) is 37.7 Å². The molecular formula is C35H47N7O8. The number of hydrogen-bond donors (Lipinski definition) is 6. The minimum absolute atomic E-state index is 0.0202. The van der Waals surface area contributed by atoms with Crippen molar-refractivity contribution in [2.24, 2.45) is 11.7 Å². The number of primary amides is 1. The maximum Gasteiger partial charge on any atom is 0.255 e. The van der Waals surface area contributed by atoms with Crippen LogP contribution in [0.5, 0.6) is 5.75 Å². The molecular weight excluding hydrogens is 646 g/mol. The number of nitrogens with two attached hydrogens (primary N) is 1. The van der Waals surface area contributed by atoms with Crippen LogP contribution in [-0.2, 0) is 41.8 Å². The number of amides is 6. The maximum atomic E-state index is 13.6. The molecule has 2 aromatic rings. The third kappa shape index (κ3) is 11.3. The quantitative estimate of drug-likeness (QED) is 0.215. The molecule has 0 radical (unpaired) electrons. The number of carbonyl (C=O) groups excluding carboxylic acids is 6. The standard InChI is InChI=1S/C35H47N7O8/c1-21(2)31-35(48)38-22(3)20-50-28-10-5-4-9-25(28)32(45)40-27(17-30(44)39-26(16-29(36)43)34(47)41-31)33(46)37-18-23-7-6-8-24(15-23)19-42-11-13-49-14-12-42/h4-10,15,21-22,26-27,31H,11-14,16-20H2,1-3H3,(H2,36,43)(H,37,46)(H,38,48)(H,39,44)(H,40,45)(H,41,47)/t22-,26-,27-,31+/m0/s1. The van der Waals surface area contributed by atoms with Gasteiger partial charge < -0.3 is 41.8 Å². The molecule has 15 heteroatoms. The lowest BCUT2D eigenvalue weighted by atomic mass is 10.0. The Labute approximate surface area is 291 Å². The molecule has 50 heavy (non-hydrogen) atoms. The number of fused-ring (bicyclic) bond motifs is 1. The van der Waals surface area contributed by atoms with Crippen molar-refractivity contribution in [3.05, 3.63) is 65.2 Å². The summed E-state index contributed by atoms with van der Waals surface area (Å²) in [6, 6.07) is 9.74. The van der Waals surface area contributed by atoms with Crippen LogP contribution in [0.4, 0.5) is 0 Å². The number of nitrogens with one attached hydrogen (secondary N) is 5. The molecule has 0 bridgehead atoms. The number of nitrogens with zero attached hydrogens (tertiary/aromatic N) is 1. The predicted octanol–water partition coefficient (Wildman–Crippen LogP) is -0.278. The van der Waals surface area contributed by atoms with Crippen molar-refractivity contribution in [2.45, 2.75) is 70.9 Å². The second-order valence-electron chi connectivity index (χ2n) is 12.9. The smallest absolute Gasteiger partial charge is 0.255 e. The summed E-state index contributed by atoms with van der Waals surface area (Å²) in [5.74, 6) is -4.51.